The summed E-state index contributed by atoms with van der Waals surface area (Å²) in [4.78, 5) is 38.1. The second-order valence-corrected chi connectivity index (χ2v) is 10.3. The Morgan fingerprint density at radius 1 is 1.18 bits per heavy atom. The first-order chi connectivity index (χ1) is 18.7. The molecule has 1 atom stereocenters. The number of amides is 1. The molecule has 10 nitrogen and oxygen atoms in total. The maximum absolute atomic E-state index is 12.9. The Balaban J connectivity index is 1.76. The quantitative estimate of drug-likeness (QED) is 0.151. The summed E-state index contributed by atoms with van der Waals surface area (Å²) in [6.45, 7) is 11.3. The zero-order valence-electron chi connectivity index (χ0n) is 22.0. The summed E-state index contributed by atoms with van der Waals surface area (Å²) >= 11 is 8.35. The van der Waals surface area contributed by atoms with Gasteiger partial charge in [0.25, 0.3) is 0 Å². The third-order valence-electron chi connectivity index (χ3n) is 5.23. The number of esters is 2. The summed E-state index contributed by atoms with van der Waals surface area (Å²) in [5, 5.41) is 12.4. The van der Waals surface area contributed by atoms with Gasteiger partial charge in [0.1, 0.15) is 15.6 Å². The number of ether oxygens (including phenoxy) is 3. The van der Waals surface area contributed by atoms with Crippen LogP contribution >= 0.6 is 34.7 Å². The van der Waals surface area contributed by atoms with Gasteiger partial charge in [0.15, 0.2) is 17.1 Å². The van der Waals surface area contributed by atoms with Gasteiger partial charge in [-0.3, -0.25) is 9.36 Å². The number of hydrogen-bond acceptors (Lipinski definition) is 10. The fraction of sp³-hybridized carbons (Fsp3) is 0.346. The smallest absolute Gasteiger partial charge is 0.348 e. The summed E-state index contributed by atoms with van der Waals surface area (Å²) in [7, 11) is 0. The number of aromatic nitrogens is 3. The molecule has 1 N–H and O–H groups in total. The van der Waals surface area contributed by atoms with Crippen molar-refractivity contribution in [1.29, 1.82) is 0 Å². The van der Waals surface area contributed by atoms with E-state index in [-0.39, 0.29) is 34.4 Å². The number of hydrogen-bond donors (Lipinski definition) is 1. The molecule has 1 unspecified atom stereocenters. The van der Waals surface area contributed by atoms with E-state index in [1.807, 2.05) is 19.1 Å². The molecule has 2 heterocycles. The Bertz CT molecular complexity index is 1360. The number of allylic oxidation sites excluding steroid dienone is 1. The first-order valence-corrected chi connectivity index (χ1v) is 14.2. The van der Waals surface area contributed by atoms with Crippen molar-refractivity contribution in [2.24, 2.45) is 0 Å². The van der Waals surface area contributed by atoms with Crippen molar-refractivity contribution in [3.05, 3.63) is 63.8 Å². The minimum Gasteiger partial charge on any atom is -0.481 e. The molecule has 0 radical (unpaired) electrons. The van der Waals surface area contributed by atoms with Gasteiger partial charge in [0.2, 0.25) is 5.91 Å². The van der Waals surface area contributed by atoms with E-state index in [9.17, 15) is 14.4 Å². The van der Waals surface area contributed by atoms with Crippen molar-refractivity contribution >= 4 is 57.5 Å². The van der Waals surface area contributed by atoms with E-state index in [4.69, 9.17) is 25.8 Å². The van der Waals surface area contributed by atoms with E-state index in [0.717, 1.165) is 23.1 Å². The van der Waals surface area contributed by atoms with Crippen LogP contribution in [0.5, 0.6) is 5.75 Å². The van der Waals surface area contributed by atoms with Crippen LogP contribution in [0.3, 0.4) is 0 Å². The molecule has 0 saturated carbocycles. The van der Waals surface area contributed by atoms with Crippen LogP contribution in [0.2, 0.25) is 5.02 Å². The maximum atomic E-state index is 12.9. The normalized spacial score (nSPS) is 11.5. The molecular weight excluding hydrogens is 564 g/mol. The number of rotatable bonds is 13. The summed E-state index contributed by atoms with van der Waals surface area (Å²) < 4.78 is 18.0. The number of para-hydroxylation sites is 1. The Kier molecular flexibility index (Phi) is 11.0. The molecule has 0 aliphatic carbocycles. The summed E-state index contributed by atoms with van der Waals surface area (Å²) in [6.07, 6.45) is 1.21. The molecule has 0 saturated heterocycles. The van der Waals surface area contributed by atoms with E-state index in [2.05, 4.69) is 22.1 Å². The number of carbonyl (C=O) groups is 3. The molecule has 0 bridgehead atoms. The zero-order chi connectivity index (χ0) is 28.5. The fourth-order valence-corrected chi connectivity index (χ4v) is 5.57. The molecule has 0 spiro atoms. The van der Waals surface area contributed by atoms with Crippen LogP contribution in [0.15, 0.2) is 42.1 Å². The van der Waals surface area contributed by atoms with E-state index in [0.29, 0.717) is 33.9 Å². The molecule has 13 heteroatoms. The predicted molar refractivity (Wildman–Crippen MR) is 151 cm³/mol. The minimum absolute atomic E-state index is 0.0387. The van der Waals surface area contributed by atoms with Gasteiger partial charge in [-0.05, 0) is 45.4 Å². The minimum atomic E-state index is -0.632. The van der Waals surface area contributed by atoms with Crippen LogP contribution in [0.4, 0.5) is 5.00 Å². The largest absolute Gasteiger partial charge is 0.481 e. The number of nitrogens with zero attached hydrogens (tertiary/aromatic N) is 3. The van der Waals surface area contributed by atoms with Crippen molar-refractivity contribution in [3.63, 3.8) is 0 Å². The van der Waals surface area contributed by atoms with Gasteiger partial charge in [0.05, 0.1) is 29.6 Å². The lowest BCUT2D eigenvalue weighted by Gasteiger charge is -2.16. The molecule has 1 aromatic carbocycles. The van der Waals surface area contributed by atoms with Crippen LogP contribution in [-0.2, 0) is 20.8 Å². The van der Waals surface area contributed by atoms with Gasteiger partial charge >= 0.3 is 11.9 Å². The van der Waals surface area contributed by atoms with Gasteiger partial charge in [0, 0.05) is 6.54 Å². The van der Waals surface area contributed by atoms with Crippen LogP contribution in [-0.4, -0.2) is 51.6 Å². The SMILES string of the molecule is C=CCn1c(SCC(=O)Nc2sc(C(=O)OCC)c(C)c2C(=O)OCC)nnc1C(C)Oc1ccccc1Cl. The highest BCUT2D eigenvalue weighted by molar-refractivity contribution is 7.99. The first-order valence-electron chi connectivity index (χ1n) is 12.1. The highest BCUT2D eigenvalue weighted by atomic mass is 35.5. The van der Waals surface area contributed by atoms with Crippen LogP contribution < -0.4 is 10.1 Å². The van der Waals surface area contributed by atoms with Crippen molar-refractivity contribution in [2.75, 3.05) is 24.3 Å². The maximum Gasteiger partial charge on any atom is 0.348 e. The number of carbonyl (C=O) groups excluding carboxylic acids is 3. The van der Waals surface area contributed by atoms with E-state index >= 15 is 0 Å². The number of halogens is 1. The summed E-state index contributed by atoms with van der Waals surface area (Å²) in [5.74, 6) is -0.596. The van der Waals surface area contributed by atoms with Gasteiger partial charge in [-0.2, -0.15) is 0 Å². The number of benzene rings is 1. The van der Waals surface area contributed by atoms with Crippen LogP contribution in [0.1, 0.15) is 58.3 Å². The van der Waals surface area contributed by atoms with Crippen LogP contribution in [0.25, 0.3) is 0 Å². The van der Waals surface area contributed by atoms with Crippen molar-refractivity contribution in [1.82, 2.24) is 14.8 Å². The molecule has 0 fully saturated rings. The molecular formula is C26H29ClN4O6S2. The Morgan fingerprint density at radius 2 is 1.87 bits per heavy atom. The third-order valence-corrected chi connectivity index (χ3v) is 7.70. The molecule has 0 aliphatic heterocycles. The zero-order valence-corrected chi connectivity index (χ0v) is 24.4. The summed E-state index contributed by atoms with van der Waals surface area (Å²) in [5.41, 5.74) is 0.522. The molecule has 1 amide bonds. The summed E-state index contributed by atoms with van der Waals surface area (Å²) in [6, 6.07) is 7.12. The molecule has 3 rings (SSSR count). The second kappa shape index (κ2) is 14.2. The predicted octanol–water partition coefficient (Wildman–Crippen LogP) is 5.71. The third kappa shape index (κ3) is 7.40. The van der Waals surface area contributed by atoms with E-state index in [1.54, 1.807) is 43.5 Å². The van der Waals surface area contributed by atoms with Gasteiger partial charge in [-0.15, -0.1) is 28.1 Å². The van der Waals surface area contributed by atoms with Gasteiger partial charge in [-0.1, -0.05) is 41.6 Å². The van der Waals surface area contributed by atoms with E-state index < -0.39 is 23.9 Å². The van der Waals surface area contributed by atoms with E-state index in [1.165, 1.54) is 0 Å². The Labute approximate surface area is 239 Å². The molecule has 39 heavy (non-hydrogen) atoms. The Morgan fingerprint density at radius 3 is 2.54 bits per heavy atom. The number of thiophene rings is 1. The topological polar surface area (TPSA) is 122 Å². The highest BCUT2D eigenvalue weighted by Crippen LogP contribution is 2.35. The average Bonchev–Trinajstić information content (AvgIpc) is 3.45. The number of anilines is 1. The lowest BCUT2D eigenvalue weighted by atomic mass is 10.1. The molecule has 0 aliphatic rings. The van der Waals surface area contributed by atoms with Crippen molar-refractivity contribution in [3.8, 4) is 5.75 Å². The average molecular weight is 593 g/mol. The second-order valence-electron chi connectivity index (χ2n) is 7.97. The number of nitrogens with one attached hydrogen (secondary N) is 1. The lowest BCUT2D eigenvalue weighted by molar-refractivity contribution is -0.113. The van der Waals surface area contributed by atoms with Crippen LogP contribution in [0, 0.1) is 6.92 Å². The molecule has 2 aromatic heterocycles. The van der Waals surface area contributed by atoms with Crippen molar-refractivity contribution in [2.45, 2.75) is 45.5 Å². The standard InChI is InChI=1S/C26H29ClN4O6S2/c1-6-13-31-22(16(5)37-18-12-10-9-11-17(18)27)29-30-26(31)38-14-19(32)28-23-20(24(33)35-7-2)15(4)21(39-23)25(34)36-8-3/h6,9-12,16H,1,7-8,13-14H2,2-5H3,(H,28,32). The molecule has 3 aromatic rings. The number of thioether (sulfide) groups is 1. The van der Waals surface area contributed by atoms with Gasteiger partial charge in [-0.25, -0.2) is 9.59 Å². The highest BCUT2D eigenvalue weighted by Gasteiger charge is 2.28. The Hall–Kier alpha value is -3.35. The van der Waals surface area contributed by atoms with Gasteiger partial charge < -0.3 is 19.5 Å². The first kappa shape index (κ1) is 30.2. The monoisotopic (exact) mass is 592 g/mol. The molecule has 208 valence electrons. The fourth-order valence-electron chi connectivity index (χ4n) is 3.53. The van der Waals surface area contributed by atoms with Crippen molar-refractivity contribution < 1.29 is 28.6 Å². The lowest BCUT2D eigenvalue weighted by Crippen LogP contribution is -2.17.